The van der Waals surface area contributed by atoms with E-state index in [2.05, 4.69) is 36.5 Å². The fourth-order valence-corrected chi connectivity index (χ4v) is 2.99. The number of unbranched alkanes of at least 4 members (excludes halogenated alkanes) is 2. The van der Waals surface area contributed by atoms with Gasteiger partial charge in [-0.05, 0) is 42.0 Å². The van der Waals surface area contributed by atoms with Crippen molar-refractivity contribution in [3.63, 3.8) is 0 Å². The van der Waals surface area contributed by atoms with Gasteiger partial charge in [-0.2, -0.15) is 0 Å². The van der Waals surface area contributed by atoms with Crippen molar-refractivity contribution in [1.29, 1.82) is 0 Å². The van der Waals surface area contributed by atoms with Crippen LogP contribution in [-0.2, 0) is 24.2 Å². The fraction of sp³-hybridized carbons (Fsp3) is 0.435. The number of aryl methyl sites for hydroxylation is 2. The molecular formula is C23H31NO2. The Balaban J connectivity index is 0.00000117. The monoisotopic (exact) mass is 353 g/mol. The van der Waals surface area contributed by atoms with Crippen molar-refractivity contribution in [3.8, 4) is 5.75 Å². The summed E-state index contributed by atoms with van der Waals surface area (Å²) >= 11 is 0. The molecule has 0 saturated carbocycles. The van der Waals surface area contributed by atoms with E-state index in [4.69, 9.17) is 4.74 Å². The zero-order valence-electron chi connectivity index (χ0n) is 16.3. The molecule has 140 valence electrons. The summed E-state index contributed by atoms with van der Waals surface area (Å²) in [6.07, 6.45) is 6.33. The van der Waals surface area contributed by atoms with Crippen LogP contribution in [0.4, 0.5) is 5.69 Å². The molecule has 0 atom stereocenters. The third-order valence-corrected chi connectivity index (χ3v) is 4.47. The molecule has 1 amide bonds. The van der Waals surface area contributed by atoms with Crippen molar-refractivity contribution in [1.82, 2.24) is 0 Å². The van der Waals surface area contributed by atoms with E-state index in [0.717, 1.165) is 29.8 Å². The maximum atomic E-state index is 11.5. The van der Waals surface area contributed by atoms with Gasteiger partial charge in [0.25, 0.3) is 0 Å². The van der Waals surface area contributed by atoms with Crippen LogP contribution in [0.3, 0.4) is 0 Å². The van der Waals surface area contributed by atoms with Crippen molar-refractivity contribution in [3.05, 3.63) is 59.2 Å². The number of nitrogens with one attached hydrogen (secondary N) is 1. The van der Waals surface area contributed by atoms with Crippen LogP contribution in [0.1, 0.15) is 63.1 Å². The standard InChI is InChI=1S/C21H25NO2.C2H6/c1-2-3-4-5-16-6-8-17(9-7-16)15-24-19-12-10-18-11-13-21(23)22-20(18)14-19;1-2/h6-10,12,14H,2-5,11,13,15H2,1H3,(H,22,23);1-2H3. The van der Waals surface area contributed by atoms with Crippen LogP contribution >= 0.6 is 0 Å². The second kappa shape index (κ2) is 10.6. The molecule has 0 spiro atoms. The van der Waals surface area contributed by atoms with Gasteiger partial charge in [0, 0.05) is 18.2 Å². The van der Waals surface area contributed by atoms with Gasteiger partial charge in [-0.15, -0.1) is 0 Å². The van der Waals surface area contributed by atoms with Gasteiger partial charge in [-0.25, -0.2) is 0 Å². The zero-order valence-corrected chi connectivity index (χ0v) is 16.3. The molecule has 1 aliphatic heterocycles. The topological polar surface area (TPSA) is 38.3 Å². The molecule has 3 rings (SSSR count). The van der Waals surface area contributed by atoms with E-state index < -0.39 is 0 Å². The number of hydrogen-bond donors (Lipinski definition) is 1. The Morgan fingerprint density at radius 2 is 1.69 bits per heavy atom. The average molecular weight is 354 g/mol. The smallest absolute Gasteiger partial charge is 0.224 e. The number of hydrogen-bond acceptors (Lipinski definition) is 2. The molecule has 1 N–H and O–H groups in total. The van der Waals surface area contributed by atoms with E-state index in [-0.39, 0.29) is 5.91 Å². The minimum atomic E-state index is 0.0818. The number of amides is 1. The first-order valence-electron chi connectivity index (χ1n) is 9.88. The Morgan fingerprint density at radius 3 is 2.42 bits per heavy atom. The molecular weight excluding hydrogens is 322 g/mol. The van der Waals surface area contributed by atoms with Gasteiger partial charge in [0.15, 0.2) is 0 Å². The molecule has 2 aromatic carbocycles. The highest BCUT2D eigenvalue weighted by Gasteiger charge is 2.15. The first kappa shape index (κ1) is 20.0. The van der Waals surface area contributed by atoms with Gasteiger partial charge >= 0.3 is 0 Å². The number of carbonyl (C=O) groups is 1. The summed E-state index contributed by atoms with van der Waals surface area (Å²) in [4.78, 5) is 11.5. The molecule has 1 aliphatic rings. The Bertz CT molecular complexity index is 692. The summed E-state index contributed by atoms with van der Waals surface area (Å²) < 4.78 is 5.88. The largest absolute Gasteiger partial charge is 0.489 e. The van der Waals surface area contributed by atoms with Crippen LogP contribution in [0.15, 0.2) is 42.5 Å². The minimum absolute atomic E-state index is 0.0818. The molecule has 0 radical (unpaired) electrons. The molecule has 0 aromatic heterocycles. The normalized spacial score (nSPS) is 12.5. The molecule has 0 bridgehead atoms. The van der Waals surface area contributed by atoms with Gasteiger partial charge < -0.3 is 10.1 Å². The third kappa shape index (κ3) is 5.91. The van der Waals surface area contributed by atoms with Crippen molar-refractivity contribution in [2.75, 3.05) is 5.32 Å². The molecule has 26 heavy (non-hydrogen) atoms. The molecule has 2 aromatic rings. The van der Waals surface area contributed by atoms with Gasteiger partial charge in [0.2, 0.25) is 5.91 Å². The fourth-order valence-electron chi connectivity index (χ4n) is 2.99. The third-order valence-electron chi connectivity index (χ3n) is 4.47. The number of carbonyl (C=O) groups excluding carboxylic acids is 1. The number of anilines is 1. The van der Waals surface area contributed by atoms with E-state index >= 15 is 0 Å². The Morgan fingerprint density at radius 1 is 0.962 bits per heavy atom. The van der Waals surface area contributed by atoms with Crippen molar-refractivity contribution in [2.45, 2.75) is 65.9 Å². The zero-order chi connectivity index (χ0) is 18.8. The van der Waals surface area contributed by atoms with E-state index in [1.54, 1.807) is 0 Å². The summed E-state index contributed by atoms with van der Waals surface area (Å²) in [6, 6.07) is 14.6. The van der Waals surface area contributed by atoms with Crippen molar-refractivity contribution in [2.24, 2.45) is 0 Å². The van der Waals surface area contributed by atoms with Crippen LogP contribution in [0.5, 0.6) is 5.75 Å². The lowest BCUT2D eigenvalue weighted by Gasteiger charge is -2.17. The maximum absolute atomic E-state index is 11.5. The predicted molar refractivity (Wildman–Crippen MR) is 109 cm³/mol. The maximum Gasteiger partial charge on any atom is 0.224 e. The SMILES string of the molecule is CC.CCCCCc1ccc(COc2ccc3c(c2)NC(=O)CC3)cc1. The first-order chi connectivity index (χ1) is 12.7. The lowest BCUT2D eigenvalue weighted by molar-refractivity contribution is -0.116. The summed E-state index contributed by atoms with van der Waals surface area (Å²) in [5.74, 6) is 0.876. The van der Waals surface area contributed by atoms with Gasteiger partial charge in [0.1, 0.15) is 12.4 Å². The van der Waals surface area contributed by atoms with Crippen molar-refractivity contribution >= 4 is 11.6 Å². The number of rotatable bonds is 7. The summed E-state index contributed by atoms with van der Waals surface area (Å²) in [5, 5.41) is 2.91. The van der Waals surface area contributed by atoms with Gasteiger partial charge in [0.05, 0.1) is 0 Å². The second-order valence-electron chi connectivity index (χ2n) is 6.43. The quantitative estimate of drug-likeness (QED) is 0.628. The molecule has 1 heterocycles. The molecule has 0 unspecified atom stereocenters. The van der Waals surface area contributed by atoms with Crippen LogP contribution in [-0.4, -0.2) is 5.91 Å². The lowest BCUT2D eigenvalue weighted by atomic mass is 10.0. The van der Waals surface area contributed by atoms with Crippen LogP contribution in [0.25, 0.3) is 0 Å². The predicted octanol–water partition coefficient (Wildman–Crippen LogP) is 5.91. The van der Waals surface area contributed by atoms with Crippen LogP contribution < -0.4 is 10.1 Å². The first-order valence-corrected chi connectivity index (χ1v) is 9.88. The second-order valence-corrected chi connectivity index (χ2v) is 6.43. The number of fused-ring (bicyclic) bond motifs is 1. The van der Waals surface area contributed by atoms with E-state index in [0.29, 0.717) is 13.0 Å². The van der Waals surface area contributed by atoms with Gasteiger partial charge in [-0.1, -0.05) is 63.9 Å². The number of ether oxygens (including phenoxy) is 1. The van der Waals surface area contributed by atoms with E-state index in [1.807, 2.05) is 32.0 Å². The average Bonchev–Trinajstić information content (AvgIpc) is 2.69. The highest BCUT2D eigenvalue weighted by Crippen LogP contribution is 2.27. The Kier molecular flexibility index (Phi) is 8.20. The van der Waals surface area contributed by atoms with Crippen LogP contribution in [0.2, 0.25) is 0 Å². The number of benzene rings is 2. The summed E-state index contributed by atoms with van der Waals surface area (Å²) in [5.41, 5.74) is 4.62. The minimum Gasteiger partial charge on any atom is -0.489 e. The molecule has 3 nitrogen and oxygen atoms in total. The van der Waals surface area contributed by atoms with Crippen LogP contribution in [0, 0.1) is 0 Å². The van der Waals surface area contributed by atoms with E-state index in [1.165, 1.54) is 30.4 Å². The Labute approximate surface area is 157 Å². The lowest BCUT2D eigenvalue weighted by Crippen LogP contribution is -2.18. The molecule has 0 saturated heterocycles. The van der Waals surface area contributed by atoms with Gasteiger partial charge in [-0.3, -0.25) is 4.79 Å². The highest BCUT2D eigenvalue weighted by atomic mass is 16.5. The molecule has 0 fully saturated rings. The van der Waals surface area contributed by atoms with E-state index in [9.17, 15) is 4.79 Å². The summed E-state index contributed by atoms with van der Waals surface area (Å²) in [7, 11) is 0. The molecule has 0 aliphatic carbocycles. The molecule has 3 heteroatoms. The summed E-state index contributed by atoms with van der Waals surface area (Å²) in [6.45, 7) is 6.77. The Hall–Kier alpha value is -2.29. The highest BCUT2D eigenvalue weighted by molar-refractivity contribution is 5.94. The van der Waals surface area contributed by atoms with Crippen molar-refractivity contribution < 1.29 is 9.53 Å².